The van der Waals surface area contributed by atoms with Crippen LogP contribution >= 0.6 is 38.5 Å². The van der Waals surface area contributed by atoms with Gasteiger partial charge in [-0.05, 0) is 22.6 Å². The smallest absolute Gasteiger partial charge is 0.337 e. The molecule has 0 fully saturated rings. The first-order valence-electron chi connectivity index (χ1n) is 5.01. The highest BCUT2D eigenvalue weighted by Crippen LogP contribution is 2.29. The van der Waals surface area contributed by atoms with Crippen molar-refractivity contribution < 1.29 is 14.6 Å². The molecule has 5 heteroatoms. The minimum Gasteiger partial charge on any atom is -0.463 e. The number of aliphatic hydroxyl groups excluding tert-OH is 1. The van der Waals surface area contributed by atoms with E-state index in [0.29, 0.717) is 5.56 Å². The SMILES string of the molecule is CCOC(=O)/C(=C\I)[C@@H](O)c1ccccc1Br. The second kappa shape index (κ2) is 7.13. The Morgan fingerprint density at radius 3 is 2.76 bits per heavy atom. The molecule has 0 amide bonds. The second-order valence-corrected chi connectivity index (χ2v) is 4.69. The van der Waals surface area contributed by atoms with E-state index in [9.17, 15) is 9.90 Å². The third-order valence-corrected chi connectivity index (χ3v) is 3.52. The van der Waals surface area contributed by atoms with Crippen molar-refractivity contribution in [2.75, 3.05) is 6.61 Å². The Bertz CT molecular complexity index is 432. The van der Waals surface area contributed by atoms with Crippen molar-refractivity contribution in [3.63, 3.8) is 0 Å². The predicted octanol–water partition coefficient (Wildman–Crippen LogP) is 3.36. The van der Waals surface area contributed by atoms with E-state index in [2.05, 4.69) is 15.9 Å². The lowest BCUT2D eigenvalue weighted by molar-refractivity contribution is -0.139. The molecular weight excluding hydrogens is 399 g/mol. The zero-order chi connectivity index (χ0) is 12.8. The zero-order valence-electron chi connectivity index (χ0n) is 9.19. The summed E-state index contributed by atoms with van der Waals surface area (Å²) in [7, 11) is 0. The van der Waals surface area contributed by atoms with Crippen LogP contribution in [0.1, 0.15) is 18.6 Å². The summed E-state index contributed by atoms with van der Waals surface area (Å²) >= 11 is 5.26. The van der Waals surface area contributed by atoms with Crippen LogP contribution in [0.25, 0.3) is 0 Å². The molecule has 0 aliphatic rings. The summed E-state index contributed by atoms with van der Waals surface area (Å²) in [6, 6.07) is 7.22. The molecule has 92 valence electrons. The van der Waals surface area contributed by atoms with Crippen LogP contribution < -0.4 is 0 Å². The fraction of sp³-hybridized carbons (Fsp3) is 0.250. The fourth-order valence-corrected chi connectivity index (χ4v) is 2.39. The maximum absolute atomic E-state index is 11.6. The van der Waals surface area contributed by atoms with E-state index in [1.807, 2.05) is 34.7 Å². The lowest BCUT2D eigenvalue weighted by Crippen LogP contribution is -2.14. The van der Waals surface area contributed by atoms with Gasteiger partial charge in [0.2, 0.25) is 0 Å². The van der Waals surface area contributed by atoms with Gasteiger partial charge in [-0.15, -0.1) is 0 Å². The van der Waals surface area contributed by atoms with Crippen molar-refractivity contribution in [2.24, 2.45) is 0 Å². The first-order chi connectivity index (χ1) is 8.11. The maximum atomic E-state index is 11.6. The van der Waals surface area contributed by atoms with Gasteiger partial charge in [0.1, 0.15) is 6.10 Å². The van der Waals surface area contributed by atoms with Gasteiger partial charge in [0.05, 0.1) is 12.2 Å². The van der Waals surface area contributed by atoms with E-state index in [0.717, 1.165) is 4.47 Å². The molecule has 0 aliphatic carbocycles. The molecule has 0 spiro atoms. The van der Waals surface area contributed by atoms with E-state index >= 15 is 0 Å². The number of carbonyl (C=O) groups excluding carboxylic acids is 1. The minimum absolute atomic E-state index is 0.236. The number of carbonyl (C=O) groups is 1. The van der Waals surface area contributed by atoms with Crippen LogP contribution in [0.4, 0.5) is 0 Å². The highest BCUT2D eigenvalue weighted by atomic mass is 127. The average molecular weight is 411 g/mol. The van der Waals surface area contributed by atoms with Crippen LogP contribution in [-0.4, -0.2) is 17.7 Å². The van der Waals surface area contributed by atoms with Crippen molar-refractivity contribution in [3.8, 4) is 0 Å². The van der Waals surface area contributed by atoms with Crippen LogP contribution in [0.2, 0.25) is 0 Å². The Morgan fingerprint density at radius 1 is 1.59 bits per heavy atom. The Kier molecular flexibility index (Phi) is 6.15. The van der Waals surface area contributed by atoms with Crippen LogP contribution in [0, 0.1) is 0 Å². The normalized spacial score (nSPS) is 13.3. The molecule has 1 rings (SSSR count). The molecule has 0 radical (unpaired) electrons. The van der Waals surface area contributed by atoms with E-state index < -0.39 is 12.1 Å². The van der Waals surface area contributed by atoms with E-state index in [4.69, 9.17) is 4.74 Å². The molecule has 0 saturated heterocycles. The Balaban J connectivity index is 2.99. The van der Waals surface area contributed by atoms with Gasteiger partial charge in [-0.25, -0.2) is 4.79 Å². The van der Waals surface area contributed by atoms with Gasteiger partial charge in [-0.3, -0.25) is 0 Å². The molecule has 1 aromatic rings. The number of aliphatic hydroxyl groups is 1. The van der Waals surface area contributed by atoms with Gasteiger partial charge in [0.25, 0.3) is 0 Å². The van der Waals surface area contributed by atoms with E-state index in [1.54, 1.807) is 23.1 Å². The summed E-state index contributed by atoms with van der Waals surface area (Å²) in [5.41, 5.74) is 0.878. The Morgan fingerprint density at radius 2 is 2.24 bits per heavy atom. The topological polar surface area (TPSA) is 46.5 Å². The number of benzene rings is 1. The van der Waals surface area contributed by atoms with Crippen molar-refractivity contribution in [3.05, 3.63) is 44.0 Å². The first kappa shape index (κ1) is 14.7. The molecule has 0 heterocycles. The molecule has 3 nitrogen and oxygen atoms in total. The van der Waals surface area contributed by atoms with Gasteiger partial charge >= 0.3 is 5.97 Å². The Labute approximate surface area is 122 Å². The van der Waals surface area contributed by atoms with Gasteiger partial charge in [0, 0.05) is 4.47 Å². The molecule has 0 aliphatic heterocycles. The summed E-state index contributed by atoms with van der Waals surface area (Å²) in [6.45, 7) is 2.02. The van der Waals surface area contributed by atoms with Gasteiger partial charge in [-0.1, -0.05) is 56.7 Å². The highest BCUT2D eigenvalue weighted by molar-refractivity contribution is 14.1. The zero-order valence-corrected chi connectivity index (χ0v) is 12.9. The van der Waals surface area contributed by atoms with Crippen LogP contribution in [-0.2, 0) is 9.53 Å². The fourth-order valence-electron chi connectivity index (χ4n) is 1.29. The molecule has 0 unspecified atom stereocenters. The third-order valence-electron chi connectivity index (χ3n) is 2.12. The predicted molar refractivity (Wildman–Crippen MR) is 77.8 cm³/mol. The van der Waals surface area contributed by atoms with Crippen LogP contribution in [0.3, 0.4) is 0 Å². The molecule has 0 saturated carbocycles. The monoisotopic (exact) mass is 410 g/mol. The number of rotatable bonds is 4. The van der Waals surface area contributed by atoms with Crippen LogP contribution in [0.15, 0.2) is 38.4 Å². The highest BCUT2D eigenvalue weighted by Gasteiger charge is 2.22. The molecule has 0 bridgehead atoms. The molecule has 1 N–H and O–H groups in total. The number of halogens is 2. The average Bonchev–Trinajstić information content (AvgIpc) is 2.30. The molecule has 1 aromatic carbocycles. The second-order valence-electron chi connectivity index (χ2n) is 3.21. The van der Waals surface area contributed by atoms with Gasteiger partial charge in [-0.2, -0.15) is 0 Å². The standard InChI is InChI=1S/C12H12BrIO3/c1-2-17-12(16)9(7-14)11(15)8-5-3-4-6-10(8)13/h3-7,11,15H,2H2,1H3/b9-7-/t11-/m0/s1. The molecule has 1 atom stereocenters. The summed E-state index contributed by atoms with van der Waals surface area (Å²) in [5, 5.41) is 10.2. The Hall–Kier alpha value is -0.400. The number of hydrogen-bond donors (Lipinski definition) is 1. The van der Waals surface area contributed by atoms with Crippen LogP contribution in [0.5, 0.6) is 0 Å². The van der Waals surface area contributed by atoms with Crippen molar-refractivity contribution in [1.29, 1.82) is 0 Å². The van der Waals surface area contributed by atoms with E-state index in [-0.39, 0.29) is 12.2 Å². The summed E-state index contributed by atoms with van der Waals surface area (Å²) in [6.07, 6.45) is -0.985. The number of hydrogen-bond acceptors (Lipinski definition) is 3. The summed E-state index contributed by atoms with van der Waals surface area (Å²) in [5.74, 6) is -0.495. The largest absolute Gasteiger partial charge is 0.463 e. The minimum atomic E-state index is -0.985. The molecule has 17 heavy (non-hydrogen) atoms. The quantitative estimate of drug-likeness (QED) is 0.470. The summed E-state index contributed by atoms with van der Waals surface area (Å²) < 4.78 is 7.19. The van der Waals surface area contributed by atoms with Gasteiger partial charge < -0.3 is 9.84 Å². The first-order valence-corrected chi connectivity index (χ1v) is 7.05. The van der Waals surface area contributed by atoms with Gasteiger partial charge in [0.15, 0.2) is 0 Å². The molecular formula is C12H12BrIO3. The summed E-state index contributed by atoms with van der Waals surface area (Å²) in [4.78, 5) is 11.6. The number of ether oxygens (including phenoxy) is 1. The van der Waals surface area contributed by atoms with Crippen molar-refractivity contribution >= 4 is 44.5 Å². The van der Waals surface area contributed by atoms with Crippen molar-refractivity contribution in [1.82, 2.24) is 0 Å². The number of esters is 1. The lowest BCUT2D eigenvalue weighted by atomic mass is 10.0. The maximum Gasteiger partial charge on any atom is 0.337 e. The van der Waals surface area contributed by atoms with Crippen molar-refractivity contribution in [2.45, 2.75) is 13.0 Å². The lowest BCUT2D eigenvalue weighted by Gasteiger charge is -2.14. The third kappa shape index (κ3) is 3.79. The molecule has 0 aromatic heterocycles. The van der Waals surface area contributed by atoms with E-state index in [1.165, 1.54) is 0 Å².